The van der Waals surface area contributed by atoms with Gasteiger partial charge in [0.2, 0.25) is 5.91 Å². The van der Waals surface area contributed by atoms with Gasteiger partial charge < -0.3 is 10.0 Å². The van der Waals surface area contributed by atoms with E-state index in [0.717, 1.165) is 23.4 Å². The molecule has 7 heteroatoms. The van der Waals surface area contributed by atoms with Crippen LogP contribution in [0.15, 0.2) is 10.9 Å². The van der Waals surface area contributed by atoms with Crippen molar-refractivity contribution < 1.29 is 9.90 Å². The van der Waals surface area contributed by atoms with Crippen molar-refractivity contribution >= 4 is 11.6 Å². The third kappa shape index (κ3) is 2.88. The summed E-state index contributed by atoms with van der Waals surface area (Å²) in [6.45, 7) is 6.77. The Bertz CT molecular complexity index is 807. The van der Waals surface area contributed by atoms with E-state index < -0.39 is 6.10 Å². The second-order valence-corrected chi connectivity index (χ2v) is 6.43. The SMILES string of the molecule is Cc1nc2cc(=O)[nH]n2c(C)c1CC(=O)N1CCC(C)C(O)C1. The van der Waals surface area contributed by atoms with E-state index in [2.05, 4.69) is 10.1 Å². The summed E-state index contributed by atoms with van der Waals surface area (Å²) in [5.41, 5.74) is 2.73. The molecular formula is C16H22N4O3. The number of likely N-dealkylation sites (tertiary alicyclic amines) is 1. The van der Waals surface area contributed by atoms with Crippen molar-refractivity contribution in [1.29, 1.82) is 0 Å². The summed E-state index contributed by atoms with van der Waals surface area (Å²) >= 11 is 0. The number of nitrogens with zero attached hydrogens (tertiary/aromatic N) is 3. The highest BCUT2D eigenvalue weighted by molar-refractivity contribution is 5.79. The number of aromatic amines is 1. The lowest BCUT2D eigenvalue weighted by molar-refractivity contribution is -0.134. The number of carbonyl (C=O) groups is 1. The maximum absolute atomic E-state index is 12.6. The first-order chi connectivity index (χ1) is 10.9. The summed E-state index contributed by atoms with van der Waals surface area (Å²) in [5.74, 6) is 0.211. The van der Waals surface area contributed by atoms with Gasteiger partial charge in [0, 0.05) is 36.1 Å². The monoisotopic (exact) mass is 318 g/mol. The van der Waals surface area contributed by atoms with Gasteiger partial charge in [0.1, 0.15) is 0 Å². The molecule has 124 valence electrons. The molecular weight excluding hydrogens is 296 g/mol. The van der Waals surface area contributed by atoms with Crippen LogP contribution in [-0.4, -0.2) is 49.7 Å². The smallest absolute Gasteiger partial charge is 0.266 e. The standard InChI is InChI=1S/C16H22N4O3/c1-9-4-5-19(8-13(9)21)16(23)6-12-10(2)17-14-7-15(22)18-20(14)11(12)3/h7,9,13,21H,4-6,8H2,1-3H3,(H,18,22). The lowest BCUT2D eigenvalue weighted by Crippen LogP contribution is -2.46. The molecule has 1 fully saturated rings. The Balaban J connectivity index is 1.86. The Morgan fingerprint density at radius 1 is 1.48 bits per heavy atom. The van der Waals surface area contributed by atoms with Gasteiger partial charge in [-0.2, -0.15) is 0 Å². The average molecular weight is 318 g/mol. The molecule has 23 heavy (non-hydrogen) atoms. The normalized spacial score (nSPS) is 21.8. The highest BCUT2D eigenvalue weighted by Crippen LogP contribution is 2.19. The van der Waals surface area contributed by atoms with Crippen LogP contribution in [0, 0.1) is 19.8 Å². The highest BCUT2D eigenvalue weighted by Gasteiger charge is 2.28. The van der Waals surface area contributed by atoms with Crippen LogP contribution in [0.1, 0.15) is 30.3 Å². The molecule has 3 rings (SSSR count). The number of nitrogens with one attached hydrogen (secondary N) is 1. The van der Waals surface area contributed by atoms with E-state index in [-0.39, 0.29) is 23.8 Å². The zero-order valence-corrected chi connectivity index (χ0v) is 13.7. The molecule has 3 heterocycles. The van der Waals surface area contributed by atoms with Crippen LogP contribution in [0.3, 0.4) is 0 Å². The first-order valence-electron chi connectivity index (χ1n) is 7.90. The van der Waals surface area contributed by atoms with Crippen molar-refractivity contribution in [3.63, 3.8) is 0 Å². The second-order valence-electron chi connectivity index (χ2n) is 6.43. The van der Waals surface area contributed by atoms with Gasteiger partial charge >= 0.3 is 0 Å². The number of β-amino-alcohol motifs (C(OH)–C–C–N with tert-alkyl or cyclic N) is 1. The predicted molar refractivity (Wildman–Crippen MR) is 85.4 cm³/mol. The topological polar surface area (TPSA) is 90.7 Å². The van der Waals surface area contributed by atoms with E-state index in [0.29, 0.717) is 18.7 Å². The lowest BCUT2D eigenvalue weighted by atomic mass is 9.95. The van der Waals surface area contributed by atoms with Gasteiger partial charge in [-0.25, -0.2) is 9.50 Å². The van der Waals surface area contributed by atoms with E-state index in [1.807, 2.05) is 20.8 Å². The molecule has 2 N–H and O–H groups in total. The fraction of sp³-hybridized carbons (Fsp3) is 0.562. The Hall–Kier alpha value is -2.15. The molecule has 1 saturated heterocycles. The van der Waals surface area contributed by atoms with Crippen molar-refractivity contribution in [2.24, 2.45) is 5.92 Å². The van der Waals surface area contributed by atoms with Gasteiger partial charge in [-0.15, -0.1) is 0 Å². The Labute approximate surface area is 133 Å². The molecule has 7 nitrogen and oxygen atoms in total. The van der Waals surface area contributed by atoms with Crippen molar-refractivity contribution in [1.82, 2.24) is 19.5 Å². The van der Waals surface area contributed by atoms with Gasteiger partial charge in [0.15, 0.2) is 5.65 Å². The van der Waals surface area contributed by atoms with Gasteiger partial charge in [0.05, 0.1) is 12.5 Å². The lowest BCUT2D eigenvalue weighted by Gasteiger charge is -2.34. The Kier molecular flexibility index (Phi) is 3.97. The van der Waals surface area contributed by atoms with Crippen LogP contribution in [0.25, 0.3) is 5.65 Å². The molecule has 0 saturated carbocycles. The minimum Gasteiger partial charge on any atom is -0.391 e. The minimum atomic E-state index is -0.462. The number of hydrogen-bond donors (Lipinski definition) is 2. The van der Waals surface area contributed by atoms with Crippen LogP contribution >= 0.6 is 0 Å². The van der Waals surface area contributed by atoms with Gasteiger partial charge in [-0.1, -0.05) is 6.92 Å². The van der Waals surface area contributed by atoms with E-state index in [4.69, 9.17) is 0 Å². The number of carbonyl (C=O) groups excluding carboxylic acids is 1. The van der Waals surface area contributed by atoms with Crippen LogP contribution < -0.4 is 5.56 Å². The molecule has 2 atom stereocenters. The first kappa shape index (κ1) is 15.7. The van der Waals surface area contributed by atoms with Crippen LogP contribution in [0.2, 0.25) is 0 Å². The summed E-state index contributed by atoms with van der Waals surface area (Å²) in [6, 6.07) is 1.44. The van der Waals surface area contributed by atoms with Gasteiger partial charge in [0.25, 0.3) is 5.56 Å². The predicted octanol–water partition coefficient (Wildman–Crippen LogP) is 0.411. The maximum Gasteiger partial charge on any atom is 0.266 e. The van der Waals surface area contributed by atoms with Crippen molar-refractivity contribution in [3.05, 3.63) is 33.4 Å². The number of aliphatic hydroxyl groups excluding tert-OH is 1. The van der Waals surface area contributed by atoms with Crippen molar-refractivity contribution in [3.8, 4) is 0 Å². The molecule has 0 aromatic carbocycles. The summed E-state index contributed by atoms with van der Waals surface area (Å²) in [5, 5.41) is 12.7. The number of amides is 1. The van der Waals surface area contributed by atoms with E-state index in [1.165, 1.54) is 6.07 Å². The summed E-state index contributed by atoms with van der Waals surface area (Å²) in [6.07, 6.45) is 0.575. The summed E-state index contributed by atoms with van der Waals surface area (Å²) in [4.78, 5) is 30.2. The number of hydrogen-bond acceptors (Lipinski definition) is 4. The average Bonchev–Trinajstić information content (AvgIpc) is 2.86. The van der Waals surface area contributed by atoms with Crippen molar-refractivity contribution in [2.45, 2.75) is 39.7 Å². The number of rotatable bonds is 2. The van der Waals surface area contributed by atoms with E-state index in [9.17, 15) is 14.7 Å². The molecule has 2 aromatic heterocycles. The summed E-state index contributed by atoms with van der Waals surface area (Å²) in [7, 11) is 0. The third-order valence-electron chi connectivity index (χ3n) is 4.80. The first-order valence-corrected chi connectivity index (χ1v) is 7.90. The molecule has 1 aliphatic rings. The maximum atomic E-state index is 12.6. The number of H-pyrrole nitrogens is 1. The Morgan fingerprint density at radius 3 is 2.91 bits per heavy atom. The van der Waals surface area contributed by atoms with E-state index in [1.54, 1.807) is 9.42 Å². The van der Waals surface area contributed by atoms with Crippen LogP contribution in [0.4, 0.5) is 0 Å². The molecule has 0 aliphatic carbocycles. The molecule has 1 aliphatic heterocycles. The molecule has 0 spiro atoms. The third-order valence-corrected chi connectivity index (χ3v) is 4.80. The van der Waals surface area contributed by atoms with Crippen molar-refractivity contribution in [2.75, 3.05) is 13.1 Å². The highest BCUT2D eigenvalue weighted by atomic mass is 16.3. The minimum absolute atomic E-state index is 0.0159. The fourth-order valence-corrected chi connectivity index (χ4v) is 3.15. The van der Waals surface area contributed by atoms with Gasteiger partial charge in [-0.05, 0) is 26.2 Å². The number of piperidine rings is 1. The largest absolute Gasteiger partial charge is 0.391 e. The molecule has 2 unspecified atom stereocenters. The molecule has 1 amide bonds. The molecule has 0 radical (unpaired) electrons. The van der Waals surface area contributed by atoms with Crippen LogP contribution in [-0.2, 0) is 11.2 Å². The van der Waals surface area contributed by atoms with Gasteiger partial charge in [-0.3, -0.25) is 14.7 Å². The molecule has 2 aromatic rings. The van der Waals surface area contributed by atoms with Crippen LogP contribution in [0.5, 0.6) is 0 Å². The number of aryl methyl sites for hydroxylation is 2. The number of fused-ring (bicyclic) bond motifs is 1. The quantitative estimate of drug-likeness (QED) is 0.839. The zero-order valence-electron chi connectivity index (χ0n) is 13.7. The fourth-order valence-electron chi connectivity index (χ4n) is 3.15. The second kappa shape index (κ2) is 5.81. The zero-order chi connectivity index (χ0) is 16.7. The number of aromatic nitrogens is 3. The molecule has 0 bridgehead atoms. The summed E-state index contributed by atoms with van der Waals surface area (Å²) < 4.78 is 1.62. The van der Waals surface area contributed by atoms with E-state index >= 15 is 0 Å². The Morgan fingerprint density at radius 2 is 2.22 bits per heavy atom. The number of aliphatic hydroxyl groups is 1.